The zero-order valence-corrected chi connectivity index (χ0v) is 9.33. The summed E-state index contributed by atoms with van der Waals surface area (Å²) < 4.78 is 0. The normalized spacial score (nSPS) is 11.5. The highest BCUT2D eigenvalue weighted by Crippen LogP contribution is 2.10. The molecule has 2 N–H and O–H groups in total. The lowest BCUT2D eigenvalue weighted by Crippen LogP contribution is -2.17. The van der Waals surface area contributed by atoms with Gasteiger partial charge in [-0.05, 0) is 24.0 Å². The standard InChI is InChI=1S/C12H17N3/c1-4-9-7-10(5-2)11(15-8-9)12(13)14-6-3/h6-8H,3-5H2,1-2H3,(H2,13,14). The Bertz CT molecular complexity index is 380. The third-order valence-electron chi connectivity index (χ3n) is 2.29. The average molecular weight is 203 g/mol. The van der Waals surface area contributed by atoms with E-state index in [-0.39, 0.29) is 0 Å². The molecule has 0 unspecified atom stereocenters. The molecule has 1 aromatic rings. The molecule has 1 rings (SSSR count). The second-order valence-electron chi connectivity index (χ2n) is 3.26. The number of aromatic nitrogens is 1. The van der Waals surface area contributed by atoms with E-state index >= 15 is 0 Å². The number of hydrogen-bond acceptors (Lipinski definition) is 2. The van der Waals surface area contributed by atoms with Crippen LogP contribution in [0.25, 0.3) is 0 Å². The van der Waals surface area contributed by atoms with Crippen molar-refractivity contribution < 1.29 is 0 Å². The fraction of sp³-hybridized carbons (Fsp3) is 0.333. The molecule has 3 nitrogen and oxygen atoms in total. The summed E-state index contributed by atoms with van der Waals surface area (Å²) in [6.45, 7) is 7.71. The molecule has 0 amide bonds. The van der Waals surface area contributed by atoms with Gasteiger partial charge >= 0.3 is 0 Å². The molecule has 1 aromatic heterocycles. The lowest BCUT2D eigenvalue weighted by molar-refractivity contribution is 1.03. The Morgan fingerprint density at radius 1 is 1.53 bits per heavy atom. The SMILES string of the molecule is C=CN=C(N)c1ncc(CC)cc1CC. The average Bonchev–Trinajstić information content (AvgIpc) is 2.28. The van der Waals surface area contributed by atoms with Crippen molar-refractivity contribution in [3.63, 3.8) is 0 Å². The van der Waals surface area contributed by atoms with Crippen LogP contribution < -0.4 is 5.73 Å². The molecular formula is C12H17N3. The Morgan fingerprint density at radius 2 is 2.27 bits per heavy atom. The first-order valence-electron chi connectivity index (χ1n) is 5.15. The van der Waals surface area contributed by atoms with Crippen molar-refractivity contribution in [3.05, 3.63) is 41.9 Å². The Balaban J connectivity index is 3.18. The number of amidine groups is 1. The van der Waals surface area contributed by atoms with E-state index in [1.807, 2.05) is 6.20 Å². The summed E-state index contributed by atoms with van der Waals surface area (Å²) in [6, 6.07) is 2.13. The fourth-order valence-corrected chi connectivity index (χ4v) is 1.41. The van der Waals surface area contributed by atoms with Gasteiger partial charge in [0.1, 0.15) is 11.5 Å². The topological polar surface area (TPSA) is 51.3 Å². The third-order valence-corrected chi connectivity index (χ3v) is 2.29. The molecule has 0 aliphatic carbocycles. The maximum Gasteiger partial charge on any atom is 0.149 e. The van der Waals surface area contributed by atoms with Crippen LogP contribution in [-0.2, 0) is 12.8 Å². The van der Waals surface area contributed by atoms with Crippen molar-refractivity contribution in [3.8, 4) is 0 Å². The van der Waals surface area contributed by atoms with Gasteiger partial charge in [-0.15, -0.1) is 0 Å². The summed E-state index contributed by atoms with van der Waals surface area (Å²) >= 11 is 0. The predicted molar refractivity (Wildman–Crippen MR) is 63.9 cm³/mol. The van der Waals surface area contributed by atoms with Crippen molar-refractivity contribution in [1.82, 2.24) is 4.98 Å². The van der Waals surface area contributed by atoms with Crippen molar-refractivity contribution in [1.29, 1.82) is 0 Å². The molecule has 3 heteroatoms. The van der Waals surface area contributed by atoms with Crippen LogP contribution in [0.5, 0.6) is 0 Å². The molecule has 0 spiro atoms. The molecule has 80 valence electrons. The minimum absolute atomic E-state index is 0.435. The lowest BCUT2D eigenvalue weighted by atomic mass is 10.1. The molecule has 0 atom stereocenters. The van der Waals surface area contributed by atoms with E-state index in [1.165, 1.54) is 11.8 Å². The number of nitrogens with zero attached hydrogens (tertiary/aromatic N) is 2. The monoisotopic (exact) mass is 203 g/mol. The van der Waals surface area contributed by atoms with E-state index in [0.717, 1.165) is 24.1 Å². The van der Waals surface area contributed by atoms with Crippen LogP contribution in [0.1, 0.15) is 30.7 Å². The highest BCUT2D eigenvalue weighted by atomic mass is 14.9. The van der Waals surface area contributed by atoms with Gasteiger partial charge < -0.3 is 5.73 Å². The Kier molecular flexibility index (Phi) is 4.03. The first kappa shape index (κ1) is 11.4. The summed E-state index contributed by atoms with van der Waals surface area (Å²) in [6.07, 6.45) is 5.17. The van der Waals surface area contributed by atoms with Gasteiger partial charge in [-0.25, -0.2) is 4.99 Å². The van der Waals surface area contributed by atoms with Gasteiger partial charge in [-0.2, -0.15) is 0 Å². The lowest BCUT2D eigenvalue weighted by Gasteiger charge is -2.07. The smallest absolute Gasteiger partial charge is 0.149 e. The molecule has 0 bridgehead atoms. The fourth-order valence-electron chi connectivity index (χ4n) is 1.41. The van der Waals surface area contributed by atoms with Crippen LogP contribution in [-0.4, -0.2) is 10.8 Å². The van der Waals surface area contributed by atoms with Crippen LogP contribution >= 0.6 is 0 Å². The highest BCUT2D eigenvalue weighted by molar-refractivity contribution is 5.97. The Hall–Kier alpha value is -1.64. The molecule has 0 saturated heterocycles. The maximum absolute atomic E-state index is 5.79. The molecule has 15 heavy (non-hydrogen) atoms. The molecule has 1 heterocycles. The van der Waals surface area contributed by atoms with Crippen molar-refractivity contribution in [2.24, 2.45) is 10.7 Å². The maximum atomic E-state index is 5.79. The molecule has 0 radical (unpaired) electrons. The third kappa shape index (κ3) is 2.65. The molecule has 0 aliphatic rings. The van der Waals surface area contributed by atoms with E-state index in [0.29, 0.717) is 5.84 Å². The van der Waals surface area contributed by atoms with E-state index in [1.54, 1.807) is 0 Å². The predicted octanol–water partition coefficient (Wildman–Crippen LogP) is 2.06. The largest absolute Gasteiger partial charge is 0.382 e. The van der Waals surface area contributed by atoms with Crippen LogP contribution in [0, 0.1) is 0 Å². The first-order chi connectivity index (χ1) is 7.22. The summed E-state index contributed by atoms with van der Waals surface area (Å²) in [4.78, 5) is 8.29. The van der Waals surface area contributed by atoms with Gasteiger partial charge in [0.05, 0.1) is 0 Å². The van der Waals surface area contributed by atoms with Gasteiger partial charge in [0, 0.05) is 12.4 Å². The van der Waals surface area contributed by atoms with Crippen LogP contribution in [0.3, 0.4) is 0 Å². The summed E-state index contributed by atoms with van der Waals surface area (Å²) in [5.41, 5.74) is 8.92. The molecule has 0 aliphatic heterocycles. The van der Waals surface area contributed by atoms with E-state index < -0.39 is 0 Å². The molecular weight excluding hydrogens is 186 g/mol. The molecule has 0 aromatic carbocycles. The van der Waals surface area contributed by atoms with Gasteiger partial charge in [0.15, 0.2) is 0 Å². The zero-order valence-electron chi connectivity index (χ0n) is 9.33. The summed E-state index contributed by atoms with van der Waals surface area (Å²) in [5, 5.41) is 0. The van der Waals surface area contributed by atoms with E-state index in [4.69, 9.17) is 5.73 Å². The van der Waals surface area contributed by atoms with Gasteiger partial charge in [-0.3, -0.25) is 4.98 Å². The number of pyridine rings is 1. The molecule has 0 saturated carbocycles. The number of hydrogen-bond donors (Lipinski definition) is 1. The van der Waals surface area contributed by atoms with Crippen LogP contribution in [0.4, 0.5) is 0 Å². The minimum Gasteiger partial charge on any atom is -0.382 e. The van der Waals surface area contributed by atoms with E-state index in [9.17, 15) is 0 Å². The van der Waals surface area contributed by atoms with Crippen molar-refractivity contribution in [2.75, 3.05) is 0 Å². The quantitative estimate of drug-likeness (QED) is 0.601. The zero-order chi connectivity index (χ0) is 11.3. The van der Waals surface area contributed by atoms with Gasteiger partial charge in [-0.1, -0.05) is 26.5 Å². The molecule has 0 fully saturated rings. The summed E-state index contributed by atoms with van der Waals surface area (Å²) in [7, 11) is 0. The Morgan fingerprint density at radius 3 is 2.80 bits per heavy atom. The van der Waals surface area contributed by atoms with Crippen LogP contribution in [0.15, 0.2) is 30.0 Å². The highest BCUT2D eigenvalue weighted by Gasteiger charge is 2.06. The number of nitrogens with two attached hydrogens (primary N) is 1. The van der Waals surface area contributed by atoms with E-state index in [2.05, 4.69) is 36.5 Å². The Labute approximate surface area is 90.8 Å². The number of rotatable bonds is 4. The van der Waals surface area contributed by atoms with Crippen molar-refractivity contribution in [2.45, 2.75) is 26.7 Å². The van der Waals surface area contributed by atoms with Gasteiger partial charge in [0.2, 0.25) is 0 Å². The van der Waals surface area contributed by atoms with Crippen LogP contribution in [0.2, 0.25) is 0 Å². The number of aliphatic imine (C=N–C) groups is 1. The minimum atomic E-state index is 0.435. The number of aryl methyl sites for hydroxylation is 2. The summed E-state index contributed by atoms with van der Waals surface area (Å²) in [5.74, 6) is 0.435. The second-order valence-corrected chi connectivity index (χ2v) is 3.26. The second kappa shape index (κ2) is 5.29. The van der Waals surface area contributed by atoms with Gasteiger partial charge in [0.25, 0.3) is 0 Å². The van der Waals surface area contributed by atoms with Crippen molar-refractivity contribution >= 4 is 5.84 Å². The first-order valence-corrected chi connectivity index (χ1v) is 5.15.